The van der Waals surface area contributed by atoms with Crippen LogP contribution in [-0.4, -0.2) is 73.2 Å². The van der Waals surface area contributed by atoms with Gasteiger partial charge in [0.25, 0.3) is 0 Å². The van der Waals surface area contributed by atoms with E-state index in [4.69, 9.17) is 24.2 Å². The minimum Gasteiger partial charge on any atom is -0.411 e. The van der Waals surface area contributed by atoms with Gasteiger partial charge in [0.1, 0.15) is 42.5 Å². The van der Waals surface area contributed by atoms with Crippen LogP contribution in [0.25, 0.3) is 11.2 Å². The molecule has 34 heavy (non-hydrogen) atoms. The number of fused-ring (bicyclic) bond motifs is 2. The van der Waals surface area contributed by atoms with Crippen LogP contribution in [0.1, 0.15) is 37.2 Å². The summed E-state index contributed by atoms with van der Waals surface area (Å²) >= 11 is 0. The van der Waals surface area contributed by atoms with Gasteiger partial charge in [-0.1, -0.05) is 17.1 Å². The van der Waals surface area contributed by atoms with Crippen molar-refractivity contribution in [2.45, 2.75) is 51.1 Å². The number of imidazole rings is 1. The van der Waals surface area contributed by atoms with Crippen LogP contribution < -0.4 is 0 Å². The zero-order valence-corrected chi connectivity index (χ0v) is 19.0. The van der Waals surface area contributed by atoms with E-state index >= 15 is 0 Å². The monoisotopic (exact) mass is 464 g/mol. The zero-order valence-electron chi connectivity index (χ0n) is 19.0. The molecular weight excluding hydrogens is 440 g/mol. The Bertz CT molecular complexity index is 1280. The Labute approximate surface area is 195 Å². The zero-order chi connectivity index (χ0) is 23.7. The van der Waals surface area contributed by atoms with Crippen LogP contribution in [0.15, 0.2) is 36.0 Å². The van der Waals surface area contributed by atoms with Crippen molar-refractivity contribution in [1.29, 1.82) is 0 Å². The van der Waals surface area contributed by atoms with Crippen LogP contribution >= 0.6 is 0 Å². The summed E-state index contributed by atoms with van der Waals surface area (Å²) in [6, 6.07) is 5.27. The first-order valence-corrected chi connectivity index (χ1v) is 10.8. The molecule has 5 rings (SSSR count). The lowest BCUT2D eigenvalue weighted by atomic mass is 10.1. The van der Waals surface area contributed by atoms with Crippen molar-refractivity contribution in [2.24, 2.45) is 5.16 Å². The van der Waals surface area contributed by atoms with E-state index in [1.807, 2.05) is 25.3 Å². The lowest BCUT2D eigenvalue weighted by Gasteiger charge is -2.24. The Balaban J connectivity index is 1.27. The van der Waals surface area contributed by atoms with Gasteiger partial charge in [-0.05, 0) is 38.8 Å². The van der Waals surface area contributed by atoms with Crippen molar-refractivity contribution in [1.82, 2.24) is 24.5 Å². The van der Waals surface area contributed by atoms with Crippen molar-refractivity contribution in [3.05, 3.63) is 47.9 Å². The van der Waals surface area contributed by atoms with Crippen molar-refractivity contribution in [3.8, 4) is 11.8 Å². The highest BCUT2D eigenvalue weighted by molar-refractivity contribution is 5.76. The Morgan fingerprint density at radius 1 is 1.24 bits per heavy atom. The van der Waals surface area contributed by atoms with Crippen molar-refractivity contribution in [2.75, 3.05) is 13.2 Å². The molecule has 11 nitrogen and oxygen atoms in total. The van der Waals surface area contributed by atoms with E-state index in [0.29, 0.717) is 17.0 Å². The van der Waals surface area contributed by atoms with Gasteiger partial charge in [0.2, 0.25) is 0 Å². The summed E-state index contributed by atoms with van der Waals surface area (Å²) in [7, 11) is 0. The van der Waals surface area contributed by atoms with Crippen LogP contribution in [0.2, 0.25) is 0 Å². The number of aromatic nitrogens is 5. The average Bonchev–Trinajstić information content (AvgIpc) is 3.46. The lowest BCUT2D eigenvalue weighted by molar-refractivity contribution is -0.201. The summed E-state index contributed by atoms with van der Waals surface area (Å²) in [6.07, 6.45) is 2.96. The van der Waals surface area contributed by atoms with Crippen LogP contribution in [-0.2, 0) is 18.9 Å². The molecule has 0 aromatic carbocycles. The van der Waals surface area contributed by atoms with Gasteiger partial charge in [-0.25, -0.2) is 19.9 Å². The van der Waals surface area contributed by atoms with Crippen molar-refractivity contribution in [3.63, 3.8) is 0 Å². The highest BCUT2D eigenvalue weighted by atomic mass is 16.8. The number of rotatable bonds is 5. The number of ether oxygens (including phenoxy) is 4. The molecular formula is C23H24N6O5. The van der Waals surface area contributed by atoms with Gasteiger partial charge in [0, 0.05) is 0 Å². The normalized spacial score (nSPS) is 25.5. The van der Waals surface area contributed by atoms with Crippen molar-refractivity contribution >= 4 is 17.4 Å². The van der Waals surface area contributed by atoms with Crippen LogP contribution in [0.4, 0.5) is 0 Å². The predicted octanol–water partition coefficient (Wildman–Crippen LogP) is 1.82. The predicted molar refractivity (Wildman–Crippen MR) is 119 cm³/mol. The molecule has 2 aliphatic heterocycles. The Morgan fingerprint density at radius 3 is 2.94 bits per heavy atom. The number of hydrogen-bond acceptors (Lipinski definition) is 10. The summed E-state index contributed by atoms with van der Waals surface area (Å²) in [6.45, 7) is 6.12. The van der Waals surface area contributed by atoms with Gasteiger partial charge < -0.3 is 24.2 Å². The fraction of sp³-hybridized carbons (Fsp3) is 0.435. The molecule has 176 valence electrons. The largest absolute Gasteiger partial charge is 0.411 e. The average molecular weight is 464 g/mol. The van der Waals surface area contributed by atoms with E-state index < -0.39 is 12.0 Å². The molecule has 3 aromatic rings. The molecule has 5 heterocycles. The van der Waals surface area contributed by atoms with Gasteiger partial charge in [-0.15, -0.1) is 0 Å². The fourth-order valence-electron chi connectivity index (χ4n) is 4.18. The Kier molecular flexibility index (Phi) is 5.97. The van der Waals surface area contributed by atoms with Gasteiger partial charge in [0.15, 0.2) is 17.7 Å². The fourth-order valence-corrected chi connectivity index (χ4v) is 4.18. The van der Waals surface area contributed by atoms with Crippen LogP contribution in [0, 0.1) is 18.8 Å². The standard InChI is InChI=1S/C23H24N6O5/c1-14-18-21(25-12-24-14)29(13-26-18)22-20-19(33-23(2,3)34-20)17(32-22)11-31-9-5-8-15-6-4-7-16(28-15)10-27-30/h4,6-7,10,12-13,17,19-20,22,30H,9,11H2,1-3H3/b27-10-/t17-,19-,20-,22-/m1/s1. The van der Waals surface area contributed by atoms with Gasteiger partial charge in [0.05, 0.1) is 30.5 Å². The van der Waals surface area contributed by atoms with E-state index in [2.05, 4.69) is 36.9 Å². The third-order valence-corrected chi connectivity index (χ3v) is 5.57. The number of aryl methyl sites for hydroxylation is 1. The maximum Gasteiger partial charge on any atom is 0.166 e. The van der Waals surface area contributed by atoms with E-state index in [1.54, 1.807) is 24.5 Å². The first-order chi connectivity index (χ1) is 16.4. The van der Waals surface area contributed by atoms with Gasteiger partial charge >= 0.3 is 0 Å². The quantitative estimate of drug-likeness (QED) is 0.198. The SMILES string of the molecule is Cc1ncnc2c1ncn2[C@@H]1O[C@H](COCC#Cc2cccc(/C=N\O)n2)[C@H]2OC(C)(C)O[C@H]21. The van der Waals surface area contributed by atoms with Crippen LogP contribution in [0.5, 0.6) is 0 Å². The lowest BCUT2D eigenvalue weighted by Crippen LogP contribution is -2.33. The van der Waals surface area contributed by atoms with E-state index in [1.165, 1.54) is 12.5 Å². The molecule has 0 unspecified atom stereocenters. The third kappa shape index (κ3) is 4.36. The number of hydrogen-bond donors (Lipinski definition) is 1. The first kappa shape index (κ1) is 22.4. The molecule has 0 aliphatic carbocycles. The number of nitrogens with zero attached hydrogens (tertiary/aromatic N) is 6. The van der Waals surface area contributed by atoms with E-state index in [-0.39, 0.29) is 31.5 Å². The molecule has 2 fully saturated rings. The molecule has 0 radical (unpaired) electrons. The third-order valence-electron chi connectivity index (χ3n) is 5.57. The molecule has 3 aromatic heterocycles. The van der Waals surface area contributed by atoms with E-state index in [9.17, 15) is 0 Å². The summed E-state index contributed by atoms with van der Waals surface area (Å²) < 4.78 is 26.3. The minimum absolute atomic E-state index is 0.187. The van der Waals surface area contributed by atoms with Gasteiger partial charge in [-0.2, -0.15) is 0 Å². The molecule has 2 aliphatic rings. The van der Waals surface area contributed by atoms with E-state index in [0.717, 1.165) is 11.2 Å². The second kappa shape index (κ2) is 9.08. The summed E-state index contributed by atoms with van der Waals surface area (Å²) in [4.78, 5) is 17.3. The number of pyridine rings is 1. The molecule has 4 atom stereocenters. The molecule has 0 bridgehead atoms. The topological polar surface area (TPSA) is 126 Å². The maximum absolute atomic E-state index is 8.63. The molecule has 0 amide bonds. The molecule has 0 saturated carbocycles. The summed E-state index contributed by atoms with van der Waals surface area (Å²) in [5.74, 6) is 5.13. The Morgan fingerprint density at radius 2 is 2.09 bits per heavy atom. The second-order valence-electron chi connectivity index (χ2n) is 8.42. The highest BCUT2D eigenvalue weighted by Gasteiger charge is 2.56. The van der Waals surface area contributed by atoms with Crippen molar-refractivity contribution < 1.29 is 24.2 Å². The second-order valence-corrected chi connectivity index (χ2v) is 8.42. The number of oxime groups is 1. The van der Waals surface area contributed by atoms with Gasteiger partial charge in [-0.3, -0.25) is 4.57 Å². The first-order valence-electron chi connectivity index (χ1n) is 10.8. The molecule has 2 saturated heterocycles. The van der Waals surface area contributed by atoms with Crippen LogP contribution in [0.3, 0.4) is 0 Å². The Hall–Kier alpha value is -3.43. The smallest absolute Gasteiger partial charge is 0.166 e. The molecule has 1 N–H and O–H groups in total. The maximum atomic E-state index is 8.63. The summed E-state index contributed by atoms with van der Waals surface area (Å²) in [5.41, 5.74) is 3.26. The minimum atomic E-state index is -0.745. The molecule has 11 heteroatoms. The highest BCUT2D eigenvalue weighted by Crippen LogP contribution is 2.43. The summed E-state index contributed by atoms with van der Waals surface area (Å²) in [5, 5.41) is 11.6. The molecule has 0 spiro atoms.